The third-order valence-electron chi connectivity index (χ3n) is 9.11. The van der Waals surface area contributed by atoms with E-state index >= 15 is 0 Å². The van der Waals surface area contributed by atoms with Crippen LogP contribution in [0.25, 0.3) is 11.0 Å². The lowest BCUT2D eigenvalue weighted by molar-refractivity contribution is 0.112. The van der Waals surface area contributed by atoms with E-state index in [0.717, 1.165) is 84.7 Å². The van der Waals surface area contributed by atoms with Gasteiger partial charge in [-0.1, -0.05) is 48.9 Å². The SMILES string of the molecule is CCn1cncc1Cn1c(CN2CCC(C(C)c3cccc(COc4ccc(C)cc4Cl)c3)CC2)nc2ccc(C=O)cc21. The van der Waals surface area contributed by atoms with Crippen molar-refractivity contribution in [1.29, 1.82) is 0 Å². The molecule has 0 N–H and O–H groups in total. The average Bonchev–Trinajstić information content (AvgIpc) is 3.64. The van der Waals surface area contributed by atoms with Gasteiger partial charge in [-0.25, -0.2) is 9.97 Å². The van der Waals surface area contributed by atoms with E-state index in [-0.39, 0.29) is 0 Å². The second-order valence-corrected chi connectivity index (χ2v) is 12.4. The topological polar surface area (TPSA) is 65.2 Å². The molecule has 0 saturated carbocycles. The van der Waals surface area contributed by atoms with Crippen LogP contribution in [0.15, 0.2) is 73.2 Å². The zero-order valence-corrected chi connectivity index (χ0v) is 26.5. The van der Waals surface area contributed by atoms with Gasteiger partial charge < -0.3 is 13.9 Å². The van der Waals surface area contributed by atoms with Crippen LogP contribution in [0.5, 0.6) is 5.75 Å². The third kappa shape index (κ3) is 6.59. The Morgan fingerprint density at radius 1 is 1.07 bits per heavy atom. The Labute approximate surface area is 264 Å². The van der Waals surface area contributed by atoms with Crippen molar-refractivity contribution in [2.45, 2.75) is 65.8 Å². The number of hydrogen-bond donors (Lipinski definition) is 0. The molecule has 228 valence electrons. The summed E-state index contributed by atoms with van der Waals surface area (Å²) in [5.41, 5.74) is 7.35. The minimum atomic E-state index is 0.459. The van der Waals surface area contributed by atoms with Crippen LogP contribution in [-0.4, -0.2) is 43.4 Å². The molecule has 1 saturated heterocycles. The van der Waals surface area contributed by atoms with Crippen LogP contribution in [-0.2, 0) is 26.2 Å². The fourth-order valence-corrected chi connectivity index (χ4v) is 6.71. The first-order valence-electron chi connectivity index (χ1n) is 15.5. The number of fused-ring (bicyclic) bond motifs is 1. The second-order valence-electron chi connectivity index (χ2n) is 12.0. The summed E-state index contributed by atoms with van der Waals surface area (Å²) >= 11 is 6.38. The van der Waals surface area contributed by atoms with Gasteiger partial charge in [0.2, 0.25) is 0 Å². The molecular weight excluding hydrogens is 570 g/mol. The van der Waals surface area contributed by atoms with Crippen LogP contribution < -0.4 is 4.74 Å². The maximum atomic E-state index is 11.6. The number of benzene rings is 3. The molecule has 0 amide bonds. The second kappa shape index (κ2) is 13.4. The molecule has 0 aliphatic carbocycles. The predicted octanol–water partition coefficient (Wildman–Crippen LogP) is 7.67. The highest BCUT2D eigenvalue weighted by molar-refractivity contribution is 6.32. The normalized spacial score (nSPS) is 15.1. The van der Waals surface area contributed by atoms with Crippen molar-refractivity contribution < 1.29 is 9.53 Å². The van der Waals surface area contributed by atoms with Gasteiger partial charge in [0, 0.05) is 18.3 Å². The molecule has 5 aromatic rings. The molecule has 8 heteroatoms. The van der Waals surface area contributed by atoms with Crippen LogP contribution in [0, 0.1) is 12.8 Å². The van der Waals surface area contributed by atoms with E-state index < -0.39 is 0 Å². The van der Waals surface area contributed by atoms with E-state index in [9.17, 15) is 4.79 Å². The summed E-state index contributed by atoms with van der Waals surface area (Å²) in [5, 5.41) is 0.648. The van der Waals surface area contributed by atoms with Crippen LogP contribution >= 0.6 is 11.6 Å². The van der Waals surface area contributed by atoms with Gasteiger partial charge in [-0.15, -0.1) is 0 Å². The lowest BCUT2D eigenvalue weighted by atomic mass is 9.81. The summed E-state index contributed by atoms with van der Waals surface area (Å²) in [4.78, 5) is 23.5. The molecular formula is C36H40ClN5O2. The lowest BCUT2D eigenvalue weighted by Crippen LogP contribution is -2.35. The van der Waals surface area contributed by atoms with Crippen molar-refractivity contribution in [3.63, 3.8) is 0 Å². The Bertz CT molecular complexity index is 1750. The molecule has 7 nitrogen and oxygen atoms in total. The third-order valence-corrected chi connectivity index (χ3v) is 9.41. The lowest BCUT2D eigenvalue weighted by Gasteiger charge is -2.35. The van der Waals surface area contributed by atoms with Gasteiger partial charge >= 0.3 is 0 Å². The maximum Gasteiger partial charge on any atom is 0.150 e. The van der Waals surface area contributed by atoms with Gasteiger partial charge in [-0.05, 0) is 98.6 Å². The first-order valence-corrected chi connectivity index (χ1v) is 15.9. The number of hydrogen-bond acceptors (Lipinski definition) is 5. The van der Waals surface area contributed by atoms with E-state index in [1.54, 1.807) is 0 Å². The van der Waals surface area contributed by atoms with E-state index in [0.29, 0.717) is 35.6 Å². The molecule has 1 atom stereocenters. The number of halogens is 1. The fraction of sp³-hybridized carbons (Fsp3) is 0.361. The number of aryl methyl sites for hydroxylation is 2. The molecule has 1 aliphatic rings. The number of carbonyl (C=O) groups is 1. The highest BCUT2D eigenvalue weighted by atomic mass is 35.5. The van der Waals surface area contributed by atoms with Crippen LogP contribution in [0.3, 0.4) is 0 Å². The smallest absolute Gasteiger partial charge is 0.150 e. The first kappa shape index (κ1) is 30.1. The van der Waals surface area contributed by atoms with Crippen molar-refractivity contribution in [2.24, 2.45) is 5.92 Å². The van der Waals surface area contributed by atoms with Crippen molar-refractivity contribution in [3.05, 3.63) is 112 Å². The summed E-state index contributed by atoms with van der Waals surface area (Å²) in [7, 11) is 0. The standard InChI is InChI=1S/C36H40ClN5O2/c1-4-41-24-38-19-31(41)20-42-34-18-27(22-43)9-10-33(34)39-36(42)21-40-14-12-29(13-15-40)26(3)30-7-5-6-28(17-30)23-44-35-11-8-25(2)16-32(35)37/h5-11,16-19,22,24,26,29H,4,12-15,20-21,23H2,1-3H3. The van der Waals surface area contributed by atoms with E-state index in [1.165, 1.54) is 5.56 Å². The number of carbonyl (C=O) groups excluding carboxylic acids is 1. The van der Waals surface area contributed by atoms with Crippen molar-refractivity contribution in [3.8, 4) is 5.75 Å². The molecule has 0 spiro atoms. The molecule has 0 radical (unpaired) electrons. The number of imidazole rings is 2. The Hall–Kier alpha value is -3.94. The molecule has 2 aromatic heterocycles. The summed E-state index contributed by atoms with van der Waals surface area (Å²) in [6, 6.07) is 20.4. The number of rotatable bonds is 11. The van der Waals surface area contributed by atoms with E-state index in [4.69, 9.17) is 21.3 Å². The van der Waals surface area contributed by atoms with Gasteiger partial charge in [0.1, 0.15) is 24.5 Å². The zero-order chi connectivity index (χ0) is 30.6. The van der Waals surface area contributed by atoms with Gasteiger partial charge in [0.25, 0.3) is 0 Å². The Balaban J connectivity index is 1.11. The summed E-state index contributed by atoms with van der Waals surface area (Å²) in [5.74, 6) is 2.82. The largest absolute Gasteiger partial charge is 0.487 e. The number of nitrogens with zero attached hydrogens (tertiary/aromatic N) is 5. The average molecular weight is 610 g/mol. The number of likely N-dealkylation sites (tertiary alicyclic amines) is 1. The fourth-order valence-electron chi connectivity index (χ4n) is 6.42. The molecule has 1 unspecified atom stereocenters. The number of ether oxygens (including phenoxy) is 1. The molecule has 3 heterocycles. The summed E-state index contributed by atoms with van der Waals surface area (Å²) in [6.45, 7) is 11.4. The van der Waals surface area contributed by atoms with Crippen molar-refractivity contribution in [2.75, 3.05) is 13.1 Å². The Kier molecular flexibility index (Phi) is 9.14. The molecule has 6 rings (SSSR count). The van der Waals surface area contributed by atoms with Crippen LogP contribution in [0.4, 0.5) is 0 Å². The van der Waals surface area contributed by atoms with Gasteiger partial charge in [-0.2, -0.15) is 0 Å². The monoisotopic (exact) mass is 609 g/mol. The number of aromatic nitrogens is 4. The minimum absolute atomic E-state index is 0.459. The molecule has 3 aromatic carbocycles. The van der Waals surface area contributed by atoms with Gasteiger partial charge in [0.05, 0.1) is 41.2 Å². The molecule has 44 heavy (non-hydrogen) atoms. The predicted molar refractivity (Wildman–Crippen MR) is 176 cm³/mol. The van der Waals surface area contributed by atoms with Gasteiger partial charge in [-0.3, -0.25) is 9.69 Å². The van der Waals surface area contributed by atoms with Crippen molar-refractivity contribution >= 4 is 28.9 Å². The molecule has 0 bridgehead atoms. The number of aldehydes is 1. The van der Waals surface area contributed by atoms with Crippen molar-refractivity contribution in [1.82, 2.24) is 24.0 Å². The Morgan fingerprint density at radius 3 is 2.68 bits per heavy atom. The van der Waals surface area contributed by atoms with Gasteiger partial charge in [0.15, 0.2) is 0 Å². The first-order chi connectivity index (χ1) is 21.4. The quantitative estimate of drug-likeness (QED) is 0.144. The molecule has 1 fully saturated rings. The molecule has 1 aliphatic heterocycles. The highest BCUT2D eigenvalue weighted by Gasteiger charge is 2.26. The zero-order valence-electron chi connectivity index (χ0n) is 25.7. The van der Waals surface area contributed by atoms with Crippen LogP contribution in [0.1, 0.15) is 71.2 Å². The number of piperidine rings is 1. The maximum absolute atomic E-state index is 11.6. The Morgan fingerprint density at radius 2 is 1.91 bits per heavy atom. The van der Waals surface area contributed by atoms with E-state index in [1.807, 2.05) is 55.8 Å². The summed E-state index contributed by atoms with van der Waals surface area (Å²) in [6.07, 6.45) is 6.98. The van der Waals surface area contributed by atoms with E-state index in [2.05, 4.69) is 57.1 Å². The summed E-state index contributed by atoms with van der Waals surface area (Å²) < 4.78 is 10.5. The minimum Gasteiger partial charge on any atom is -0.487 e. The van der Waals surface area contributed by atoms with Crippen LogP contribution in [0.2, 0.25) is 5.02 Å². The highest BCUT2D eigenvalue weighted by Crippen LogP contribution is 2.34.